The van der Waals surface area contributed by atoms with Gasteiger partial charge in [-0.1, -0.05) is 18.2 Å². The van der Waals surface area contributed by atoms with E-state index >= 15 is 0 Å². The summed E-state index contributed by atoms with van der Waals surface area (Å²) in [5.41, 5.74) is 0. The Labute approximate surface area is 77.0 Å². The second-order valence-electron chi connectivity index (χ2n) is 2.78. The van der Waals surface area contributed by atoms with Crippen molar-refractivity contribution in [2.75, 3.05) is 0 Å². The van der Waals surface area contributed by atoms with Crippen LogP contribution in [0.2, 0.25) is 0 Å². The Balaban J connectivity index is 2.66. The lowest BCUT2D eigenvalue weighted by Gasteiger charge is -2.14. The van der Waals surface area contributed by atoms with Gasteiger partial charge in [-0.05, 0) is 26.0 Å². The van der Waals surface area contributed by atoms with Crippen LogP contribution in [-0.4, -0.2) is 4.21 Å². The van der Waals surface area contributed by atoms with E-state index in [2.05, 4.69) is 12.1 Å². The standard InChI is InChI=1S/C9H11ClS/c1-9(2,10)11-8-6-4-3-5-7-8/h3-7H,1-2H3. The van der Waals surface area contributed by atoms with E-state index in [9.17, 15) is 0 Å². The predicted molar refractivity (Wildman–Crippen MR) is 52.2 cm³/mol. The van der Waals surface area contributed by atoms with Gasteiger partial charge < -0.3 is 0 Å². The molecule has 1 aromatic carbocycles. The second-order valence-corrected chi connectivity index (χ2v) is 5.64. The Hall–Kier alpha value is -0.140. The predicted octanol–water partition coefficient (Wildman–Crippen LogP) is 3.75. The lowest BCUT2D eigenvalue weighted by Crippen LogP contribution is -2.01. The van der Waals surface area contributed by atoms with E-state index in [0.717, 1.165) is 0 Å². The van der Waals surface area contributed by atoms with Crippen LogP contribution < -0.4 is 0 Å². The molecule has 0 heterocycles. The van der Waals surface area contributed by atoms with E-state index in [1.165, 1.54) is 4.90 Å². The van der Waals surface area contributed by atoms with Crippen LogP contribution >= 0.6 is 23.4 Å². The van der Waals surface area contributed by atoms with Gasteiger partial charge in [0.25, 0.3) is 0 Å². The van der Waals surface area contributed by atoms with E-state index in [-0.39, 0.29) is 4.21 Å². The average molecular weight is 187 g/mol. The molecule has 0 amide bonds. The van der Waals surface area contributed by atoms with Crippen molar-refractivity contribution in [1.82, 2.24) is 0 Å². The highest BCUT2D eigenvalue weighted by Gasteiger charge is 2.13. The quantitative estimate of drug-likeness (QED) is 0.501. The first-order chi connectivity index (χ1) is 5.08. The summed E-state index contributed by atoms with van der Waals surface area (Å²) in [6.07, 6.45) is 0. The fourth-order valence-electron chi connectivity index (χ4n) is 0.769. The minimum atomic E-state index is -0.207. The Morgan fingerprint density at radius 2 is 1.73 bits per heavy atom. The molecule has 2 heteroatoms. The molecule has 0 fully saturated rings. The highest BCUT2D eigenvalue weighted by Crippen LogP contribution is 2.34. The van der Waals surface area contributed by atoms with Gasteiger partial charge in [0.1, 0.15) is 0 Å². The van der Waals surface area contributed by atoms with Crippen molar-refractivity contribution in [3.05, 3.63) is 30.3 Å². The molecule has 0 aliphatic heterocycles. The summed E-state index contributed by atoms with van der Waals surface area (Å²) in [4.78, 5) is 1.22. The largest absolute Gasteiger partial charge is 0.108 e. The van der Waals surface area contributed by atoms with Gasteiger partial charge in [-0.2, -0.15) is 0 Å². The lowest BCUT2D eigenvalue weighted by atomic mass is 10.4. The maximum atomic E-state index is 6.03. The van der Waals surface area contributed by atoms with E-state index in [1.54, 1.807) is 11.8 Å². The van der Waals surface area contributed by atoms with E-state index in [1.807, 2.05) is 32.0 Å². The second kappa shape index (κ2) is 3.51. The Morgan fingerprint density at radius 1 is 1.18 bits per heavy atom. The average Bonchev–Trinajstić information content (AvgIpc) is 1.85. The first kappa shape index (κ1) is 8.95. The number of hydrogen-bond donors (Lipinski definition) is 0. The van der Waals surface area contributed by atoms with Gasteiger partial charge in [0.2, 0.25) is 0 Å². The molecule has 11 heavy (non-hydrogen) atoms. The van der Waals surface area contributed by atoms with Crippen LogP contribution in [0.25, 0.3) is 0 Å². The molecular formula is C9H11ClS. The van der Waals surface area contributed by atoms with Gasteiger partial charge in [0.15, 0.2) is 0 Å². The highest BCUT2D eigenvalue weighted by molar-refractivity contribution is 8.01. The minimum absolute atomic E-state index is 0.207. The monoisotopic (exact) mass is 186 g/mol. The Morgan fingerprint density at radius 3 is 2.18 bits per heavy atom. The summed E-state index contributed by atoms with van der Waals surface area (Å²) in [7, 11) is 0. The van der Waals surface area contributed by atoms with Crippen molar-refractivity contribution in [2.45, 2.75) is 22.9 Å². The molecule has 0 spiro atoms. The number of thioether (sulfide) groups is 1. The van der Waals surface area contributed by atoms with Gasteiger partial charge in [-0.3, -0.25) is 0 Å². The number of hydrogen-bond acceptors (Lipinski definition) is 1. The summed E-state index contributed by atoms with van der Waals surface area (Å²) < 4.78 is -0.207. The molecule has 0 unspecified atom stereocenters. The van der Waals surface area contributed by atoms with Crippen LogP contribution in [0.5, 0.6) is 0 Å². The highest BCUT2D eigenvalue weighted by atomic mass is 35.5. The molecule has 0 aliphatic rings. The van der Waals surface area contributed by atoms with Crippen molar-refractivity contribution < 1.29 is 0 Å². The van der Waals surface area contributed by atoms with Crippen molar-refractivity contribution >= 4 is 23.4 Å². The number of halogens is 1. The molecule has 0 saturated carbocycles. The first-order valence-electron chi connectivity index (χ1n) is 3.51. The molecule has 0 saturated heterocycles. The summed E-state index contributed by atoms with van der Waals surface area (Å²) >= 11 is 7.70. The molecule has 0 aromatic heterocycles. The van der Waals surface area contributed by atoms with Crippen LogP contribution in [0.3, 0.4) is 0 Å². The van der Waals surface area contributed by atoms with E-state index < -0.39 is 0 Å². The fraction of sp³-hybridized carbons (Fsp3) is 0.333. The van der Waals surface area contributed by atoms with Crippen LogP contribution in [0.1, 0.15) is 13.8 Å². The molecule has 0 N–H and O–H groups in total. The van der Waals surface area contributed by atoms with E-state index in [4.69, 9.17) is 11.6 Å². The van der Waals surface area contributed by atoms with Crippen LogP contribution in [-0.2, 0) is 0 Å². The molecule has 1 rings (SSSR count). The Kier molecular flexibility index (Phi) is 2.85. The van der Waals surface area contributed by atoms with Crippen molar-refractivity contribution in [3.63, 3.8) is 0 Å². The molecule has 0 atom stereocenters. The van der Waals surface area contributed by atoms with Crippen LogP contribution in [0.15, 0.2) is 35.2 Å². The van der Waals surface area contributed by atoms with Gasteiger partial charge in [0.05, 0.1) is 4.21 Å². The summed E-state index contributed by atoms with van der Waals surface area (Å²) in [5, 5.41) is 0. The van der Waals surface area contributed by atoms with Crippen molar-refractivity contribution in [3.8, 4) is 0 Å². The smallest absolute Gasteiger partial charge is 0.0886 e. The molecule has 60 valence electrons. The summed E-state index contributed by atoms with van der Waals surface area (Å²) in [6, 6.07) is 10.2. The lowest BCUT2D eigenvalue weighted by molar-refractivity contribution is 1.01. The van der Waals surface area contributed by atoms with Gasteiger partial charge in [-0.25, -0.2) is 0 Å². The van der Waals surface area contributed by atoms with Crippen molar-refractivity contribution in [1.29, 1.82) is 0 Å². The topological polar surface area (TPSA) is 0 Å². The summed E-state index contributed by atoms with van der Waals surface area (Å²) in [6.45, 7) is 3.98. The fourth-order valence-corrected chi connectivity index (χ4v) is 1.89. The maximum absolute atomic E-state index is 6.03. The zero-order valence-electron chi connectivity index (χ0n) is 6.67. The molecule has 0 bridgehead atoms. The minimum Gasteiger partial charge on any atom is -0.108 e. The van der Waals surface area contributed by atoms with Gasteiger partial charge in [0, 0.05) is 4.90 Å². The third-order valence-corrected chi connectivity index (χ3v) is 2.33. The first-order valence-corrected chi connectivity index (χ1v) is 4.70. The summed E-state index contributed by atoms with van der Waals surface area (Å²) in [5.74, 6) is 0. The molecule has 0 nitrogen and oxygen atoms in total. The maximum Gasteiger partial charge on any atom is 0.0886 e. The zero-order chi connectivity index (χ0) is 8.32. The number of alkyl halides is 1. The Bertz CT molecular complexity index is 213. The van der Waals surface area contributed by atoms with E-state index in [0.29, 0.717) is 0 Å². The normalized spacial score (nSPS) is 11.5. The SMILES string of the molecule is CC(C)(Cl)Sc1ccccc1. The number of rotatable bonds is 2. The molecule has 0 aliphatic carbocycles. The van der Waals surface area contributed by atoms with Crippen molar-refractivity contribution in [2.24, 2.45) is 0 Å². The molecule has 1 aromatic rings. The van der Waals surface area contributed by atoms with Gasteiger partial charge >= 0.3 is 0 Å². The molecular weight excluding hydrogens is 176 g/mol. The molecule has 0 radical (unpaired) electrons. The van der Waals surface area contributed by atoms with Gasteiger partial charge in [-0.15, -0.1) is 23.4 Å². The van der Waals surface area contributed by atoms with Crippen LogP contribution in [0.4, 0.5) is 0 Å². The third kappa shape index (κ3) is 3.68. The zero-order valence-corrected chi connectivity index (χ0v) is 8.25. The third-order valence-electron chi connectivity index (χ3n) is 1.10. The van der Waals surface area contributed by atoms with Crippen LogP contribution in [0, 0.1) is 0 Å². The number of benzene rings is 1.